The topological polar surface area (TPSA) is 70.4 Å². The highest BCUT2D eigenvalue weighted by atomic mass is 16.1. The molecule has 1 heterocycles. The first-order valence-electron chi connectivity index (χ1n) is 6.73. The fourth-order valence-electron chi connectivity index (χ4n) is 2.29. The fourth-order valence-corrected chi connectivity index (χ4v) is 2.29. The number of hydrogen-bond donors (Lipinski definition) is 3. The van der Waals surface area contributed by atoms with E-state index in [1.165, 1.54) is 0 Å². The van der Waals surface area contributed by atoms with Crippen LogP contribution in [0, 0.1) is 0 Å². The number of benzene rings is 1. The van der Waals surface area contributed by atoms with Crippen molar-refractivity contribution in [2.75, 3.05) is 37.3 Å². The minimum Gasteiger partial charge on any atom is -0.381 e. The molecule has 0 atom stereocenters. The van der Waals surface area contributed by atoms with Gasteiger partial charge >= 0.3 is 0 Å². The molecule has 5 heteroatoms. The molecule has 0 spiro atoms. The smallest absolute Gasteiger partial charge is 0.238 e. The molecular formula is C14H22N4O. The van der Waals surface area contributed by atoms with Crippen LogP contribution in [-0.2, 0) is 4.79 Å². The number of piperidine rings is 1. The van der Waals surface area contributed by atoms with Crippen molar-refractivity contribution < 1.29 is 4.79 Å². The molecular weight excluding hydrogens is 240 g/mol. The third-order valence-corrected chi connectivity index (χ3v) is 3.46. The summed E-state index contributed by atoms with van der Waals surface area (Å²) >= 11 is 0. The maximum absolute atomic E-state index is 11.4. The van der Waals surface area contributed by atoms with Crippen molar-refractivity contribution in [1.29, 1.82) is 0 Å². The molecule has 0 unspecified atom stereocenters. The van der Waals surface area contributed by atoms with Crippen LogP contribution in [0.1, 0.15) is 12.8 Å². The highest BCUT2D eigenvalue weighted by molar-refractivity contribution is 5.95. The Kier molecular flexibility index (Phi) is 4.76. The molecule has 4 N–H and O–H groups in total. The lowest BCUT2D eigenvalue weighted by atomic mass is 10.0. The van der Waals surface area contributed by atoms with Crippen molar-refractivity contribution >= 4 is 17.3 Å². The molecule has 1 aromatic carbocycles. The van der Waals surface area contributed by atoms with E-state index in [1.54, 1.807) is 0 Å². The van der Waals surface area contributed by atoms with Gasteiger partial charge in [-0.15, -0.1) is 0 Å². The predicted molar refractivity (Wildman–Crippen MR) is 78.3 cm³/mol. The van der Waals surface area contributed by atoms with Gasteiger partial charge in [-0.3, -0.25) is 4.79 Å². The number of likely N-dealkylation sites (tertiary alicyclic amines) is 1. The van der Waals surface area contributed by atoms with Crippen LogP contribution in [0.3, 0.4) is 0 Å². The summed E-state index contributed by atoms with van der Waals surface area (Å²) < 4.78 is 0. The highest BCUT2D eigenvalue weighted by Gasteiger charge is 2.17. The Hall–Kier alpha value is -1.59. The number of para-hydroxylation sites is 2. The van der Waals surface area contributed by atoms with Gasteiger partial charge in [0, 0.05) is 6.04 Å². The molecule has 1 aliphatic rings. The van der Waals surface area contributed by atoms with Gasteiger partial charge in [-0.05, 0) is 45.1 Å². The number of carbonyl (C=O) groups excluding carboxylic acids is 1. The van der Waals surface area contributed by atoms with Crippen molar-refractivity contribution in [3.05, 3.63) is 24.3 Å². The number of nitrogens with zero attached hydrogens (tertiary/aromatic N) is 1. The molecule has 1 fully saturated rings. The molecule has 19 heavy (non-hydrogen) atoms. The summed E-state index contributed by atoms with van der Waals surface area (Å²) in [4.78, 5) is 13.7. The monoisotopic (exact) mass is 262 g/mol. The van der Waals surface area contributed by atoms with Crippen molar-refractivity contribution in [2.45, 2.75) is 18.9 Å². The van der Waals surface area contributed by atoms with Gasteiger partial charge in [-0.2, -0.15) is 0 Å². The first kappa shape index (κ1) is 13.8. The van der Waals surface area contributed by atoms with E-state index in [-0.39, 0.29) is 12.5 Å². The number of anilines is 2. The van der Waals surface area contributed by atoms with Gasteiger partial charge in [0.15, 0.2) is 0 Å². The normalized spacial score (nSPS) is 17.2. The summed E-state index contributed by atoms with van der Waals surface area (Å²) in [5.74, 6) is -0.169. The Balaban J connectivity index is 2.01. The summed E-state index contributed by atoms with van der Waals surface area (Å²) in [6.45, 7) is 2.21. The SMILES string of the molecule is CN1CCC(Nc2ccccc2NC(=O)CN)CC1. The van der Waals surface area contributed by atoms with Crippen LogP contribution in [0.25, 0.3) is 0 Å². The Labute approximate surface area is 114 Å². The highest BCUT2D eigenvalue weighted by Crippen LogP contribution is 2.24. The van der Waals surface area contributed by atoms with Gasteiger partial charge in [0.2, 0.25) is 5.91 Å². The second-order valence-electron chi connectivity index (χ2n) is 5.02. The number of rotatable bonds is 4. The van der Waals surface area contributed by atoms with Crippen molar-refractivity contribution in [3.63, 3.8) is 0 Å². The van der Waals surface area contributed by atoms with Gasteiger partial charge in [0.1, 0.15) is 0 Å². The zero-order valence-electron chi connectivity index (χ0n) is 11.4. The van der Waals surface area contributed by atoms with Crippen LogP contribution in [0.5, 0.6) is 0 Å². The third kappa shape index (κ3) is 3.94. The lowest BCUT2D eigenvalue weighted by Crippen LogP contribution is -2.36. The molecule has 0 aliphatic carbocycles. The van der Waals surface area contributed by atoms with Gasteiger partial charge in [-0.1, -0.05) is 12.1 Å². The minimum absolute atomic E-state index is 0.00254. The average molecular weight is 262 g/mol. The van der Waals surface area contributed by atoms with Gasteiger partial charge in [0.25, 0.3) is 0 Å². The van der Waals surface area contributed by atoms with Crippen molar-refractivity contribution in [1.82, 2.24) is 4.90 Å². The van der Waals surface area contributed by atoms with Crippen molar-refractivity contribution in [3.8, 4) is 0 Å². The lowest BCUT2D eigenvalue weighted by molar-refractivity contribution is -0.114. The largest absolute Gasteiger partial charge is 0.381 e. The molecule has 104 valence electrons. The molecule has 0 aromatic heterocycles. The summed E-state index contributed by atoms with van der Waals surface area (Å²) in [5, 5.41) is 6.34. The van der Waals surface area contributed by atoms with E-state index in [4.69, 9.17) is 5.73 Å². The maximum Gasteiger partial charge on any atom is 0.238 e. The van der Waals surface area contributed by atoms with E-state index in [0.29, 0.717) is 6.04 Å². The van der Waals surface area contributed by atoms with Gasteiger partial charge in [-0.25, -0.2) is 0 Å². The summed E-state index contributed by atoms with van der Waals surface area (Å²) in [5.41, 5.74) is 7.11. The number of amides is 1. The van der Waals surface area contributed by atoms with E-state index < -0.39 is 0 Å². The summed E-state index contributed by atoms with van der Waals surface area (Å²) in [6.07, 6.45) is 2.24. The molecule has 0 bridgehead atoms. The van der Waals surface area contributed by atoms with E-state index >= 15 is 0 Å². The molecule has 0 saturated carbocycles. The van der Waals surface area contributed by atoms with E-state index in [9.17, 15) is 4.79 Å². The van der Waals surface area contributed by atoms with Crippen molar-refractivity contribution in [2.24, 2.45) is 5.73 Å². The Morgan fingerprint density at radius 2 is 1.95 bits per heavy atom. The fraction of sp³-hybridized carbons (Fsp3) is 0.500. The Morgan fingerprint density at radius 3 is 2.58 bits per heavy atom. The third-order valence-electron chi connectivity index (χ3n) is 3.46. The van der Waals surface area contributed by atoms with Crippen LogP contribution in [-0.4, -0.2) is 43.5 Å². The number of nitrogens with one attached hydrogen (secondary N) is 2. The van der Waals surface area contributed by atoms with E-state index in [0.717, 1.165) is 37.3 Å². The number of hydrogen-bond acceptors (Lipinski definition) is 4. The first-order valence-corrected chi connectivity index (χ1v) is 6.73. The van der Waals surface area contributed by atoms with Gasteiger partial charge < -0.3 is 21.3 Å². The van der Waals surface area contributed by atoms with Crippen LogP contribution < -0.4 is 16.4 Å². The number of nitrogens with two attached hydrogens (primary N) is 1. The van der Waals surface area contributed by atoms with Crippen LogP contribution >= 0.6 is 0 Å². The zero-order valence-corrected chi connectivity index (χ0v) is 11.4. The Bertz CT molecular complexity index is 427. The van der Waals surface area contributed by atoms with Crippen LogP contribution in [0.15, 0.2) is 24.3 Å². The molecule has 1 amide bonds. The average Bonchev–Trinajstić information content (AvgIpc) is 2.43. The van der Waals surface area contributed by atoms with Crippen LogP contribution in [0.4, 0.5) is 11.4 Å². The molecule has 1 saturated heterocycles. The molecule has 1 aromatic rings. The van der Waals surface area contributed by atoms with E-state index in [1.807, 2.05) is 24.3 Å². The Morgan fingerprint density at radius 1 is 1.32 bits per heavy atom. The predicted octanol–water partition coefficient (Wildman–Crippen LogP) is 1.09. The zero-order chi connectivity index (χ0) is 13.7. The second kappa shape index (κ2) is 6.54. The second-order valence-corrected chi connectivity index (χ2v) is 5.02. The molecule has 1 aliphatic heterocycles. The van der Waals surface area contributed by atoms with Gasteiger partial charge in [0.05, 0.1) is 17.9 Å². The molecule has 5 nitrogen and oxygen atoms in total. The first-order chi connectivity index (χ1) is 9.19. The standard InChI is InChI=1S/C14H22N4O/c1-18-8-6-11(7-9-18)16-12-4-2-3-5-13(12)17-14(19)10-15/h2-5,11,16H,6-10,15H2,1H3,(H,17,19). The summed E-state index contributed by atoms with van der Waals surface area (Å²) in [6, 6.07) is 8.23. The number of carbonyl (C=O) groups is 1. The van der Waals surface area contributed by atoms with Crippen LogP contribution in [0.2, 0.25) is 0 Å². The summed E-state index contributed by atoms with van der Waals surface area (Å²) in [7, 11) is 2.14. The molecule has 0 radical (unpaired) electrons. The maximum atomic E-state index is 11.4. The quantitative estimate of drug-likeness (QED) is 0.759. The minimum atomic E-state index is -0.169. The van der Waals surface area contributed by atoms with E-state index in [2.05, 4.69) is 22.6 Å². The lowest BCUT2D eigenvalue weighted by Gasteiger charge is -2.30. The molecule has 2 rings (SSSR count).